The number of nitrogens with two attached hydrogens (primary N) is 2. The predicted molar refractivity (Wildman–Crippen MR) is 125 cm³/mol. The van der Waals surface area contributed by atoms with Gasteiger partial charge in [-0.05, 0) is 45.2 Å². The van der Waals surface area contributed by atoms with Gasteiger partial charge < -0.3 is 26.4 Å². The molecule has 3 heterocycles. The number of H-pyrrole nitrogens is 1. The summed E-state index contributed by atoms with van der Waals surface area (Å²) in [7, 11) is 0. The molecule has 4 rings (SSSR count). The first kappa shape index (κ1) is 21.7. The van der Waals surface area contributed by atoms with E-state index in [1.807, 2.05) is 45.0 Å². The fourth-order valence-corrected chi connectivity index (χ4v) is 4.08. The zero-order valence-electron chi connectivity index (χ0n) is 18.8. The summed E-state index contributed by atoms with van der Waals surface area (Å²) < 4.78 is 5.42. The lowest BCUT2D eigenvalue weighted by Gasteiger charge is -2.37. The Hall–Kier alpha value is -3.56. The van der Waals surface area contributed by atoms with Gasteiger partial charge in [-0.25, -0.2) is 9.78 Å². The molecule has 1 aliphatic heterocycles. The molecule has 10 heteroatoms. The lowest BCUT2D eigenvalue weighted by molar-refractivity contribution is 0.0495. The monoisotopic (exact) mass is 438 g/mol. The van der Waals surface area contributed by atoms with Crippen LogP contribution in [-0.4, -0.2) is 51.0 Å². The second-order valence-electron chi connectivity index (χ2n) is 9.43. The Bertz CT molecular complexity index is 1140. The molecule has 2 atom stereocenters. The number of alkyl carbamates (subject to hydrolysis) is 1. The van der Waals surface area contributed by atoms with Gasteiger partial charge in [0.25, 0.3) is 0 Å². The molecule has 1 aliphatic rings. The number of anilines is 3. The highest BCUT2D eigenvalue weighted by atomic mass is 16.6. The lowest BCUT2D eigenvalue weighted by Crippen LogP contribution is -2.51. The molecule has 0 radical (unpaired) electrons. The third kappa shape index (κ3) is 4.84. The Morgan fingerprint density at radius 3 is 2.75 bits per heavy atom. The van der Waals surface area contributed by atoms with Gasteiger partial charge in [-0.2, -0.15) is 10.1 Å². The number of aromatic amines is 1. The Labute approximate surface area is 186 Å². The second kappa shape index (κ2) is 8.18. The molecule has 3 aromatic rings. The minimum absolute atomic E-state index is 0.0578. The molecule has 0 bridgehead atoms. The van der Waals surface area contributed by atoms with Crippen LogP contribution in [0.5, 0.6) is 0 Å². The second-order valence-corrected chi connectivity index (χ2v) is 9.43. The van der Waals surface area contributed by atoms with Gasteiger partial charge >= 0.3 is 6.09 Å². The molecular formula is C22H30N8O2. The number of nitrogens with zero attached hydrogens (tertiary/aromatic N) is 4. The van der Waals surface area contributed by atoms with Gasteiger partial charge in [-0.3, -0.25) is 5.10 Å². The largest absolute Gasteiger partial charge is 0.444 e. The summed E-state index contributed by atoms with van der Waals surface area (Å²) in [4.78, 5) is 23.3. The van der Waals surface area contributed by atoms with Crippen LogP contribution < -0.4 is 21.7 Å². The summed E-state index contributed by atoms with van der Waals surface area (Å²) in [6.45, 7) is 9.11. The molecular weight excluding hydrogens is 408 g/mol. The Morgan fingerprint density at radius 2 is 2.00 bits per heavy atom. The van der Waals surface area contributed by atoms with Crippen molar-refractivity contribution in [2.75, 3.05) is 29.5 Å². The molecule has 1 aromatic carbocycles. The average Bonchev–Trinajstić information content (AvgIpc) is 3.06. The first-order valence-corrected chi connectivity index (χ1v) is 10.7. The van der Waals surface area contributed by atoms with Crippen molar-refractivity contribution in [1.82, 2.24) is 25.5 Å². The van der Waals surface area contributed by atoms with Crippen molar-refractivity contribution in [3.8, 4) is 11.3 Å². The van der Waals surface area contributed by atoms with Crippen LogP contribution in [0.15, 0.2) is 24.3 Å². The number of fused-ring (bicyclic) bond motifs is 1. The number of rotatable bonds is 3. The molecule has 32 heavy (non-hydrogen) atoms. The fraction of sp³-hybridized carbons (Fsp3) is 0.455. The van der Waals surface area contributed by atoms with Crippen molar-refractivity contribution in [3.63, 3.8) is 0 Å². The summed E-state index contributed by atoms with van der Waals surface area (Å²) in [5, 5.41) is 10.8. The van der Waals surface area contributed by atoms with E-state index >= 15 is 0 Å². The van der Waals surface area contributed by atoms with Gasteiger partial charge in [0.15, 0.2) is 5.82 Å². The number of benzene rings is 1. The van der Waals surface area contributed by atoms with Crippen LogP contribution in [0.25, 0.3) is 22.2 Å². The van der Waals surface area contributed by atoms with Crippen LogP contribution in [0.2, 0.25) is 0 Å². The van der Waals surface area contributed by atoms with Crippen molar-refractivity contribution in [2.45, 2.75) is 45.8 Å². The number of hydrogen-bond acceptors (Lipinski definition) is 8. The van der Waals surface area contributed by atoms with Crippen molar-refractivity contribution in [1.29, 1.82) is 0 Å². The molecule has 6 N–H and O–H groups in total. The number of hydrogen-bond donors (Lipinski definition) is 4. The highest BCUT2D eigenvalue weighted by Gasteiger charge is 2.29. The molecule has 2 unspecified atom stereocenters. The maximum absolute atomic E-state index is 12.3. The lowest BCUT2D eigenvalue weighted by atomic mass is 9.96. The van der Waals surface area contributed by atoms with E-state index in [1.165, 1.54) is 0 Å². The minimum Gasteiger partial charge on any atom is -0.444 e. The SMILES string of the molecule is CC1CC(NC(=O)OC(C)(C)C)CN(c2cc(-c3ccc4c(N)n[nH]c4c3)nc(N)n2)C1. The normalized spacial score (nSPS) is 19.2. The number of carbonyl (C=O) groups excluding carboxylic acids is 1. The quantitative estimate of drug-likeness (QED) is 0.488. The van der Waals surface area contributed by atoms with Gasteiger partial charge in [0.1, 0.15) is 11.4 Å². The van der Waals surface area contributed by atoms with Crippen molar-refractivity contribution in [2.24, 2.45) is 5.92 Å². The van der Waals surface area contributed by atoms with E-state index < -0.39 is 11.7 Å². The number of nitrogen functional groups attached to an aromatic ring is 2. The number of nitrogens with one attached hydrogen (secondary N) is 2. The van der Waals surface area contributed by atoms with E-state index in [0.29, 0.717) is 24.0 Å². The van der Waals surface area contributed by atoms with E-state index in [2.05, 4.69) is 37.3 Å². The Balaban J connectivity index is 1.57. The summed E-state index contributed by atoms with van der Waals surface area (Å²) in [5.74, 6) is 1.73. The number of carbonyl (C=O) groups is 1. The van der Waals surface area contributed by atoms with Crippen LogP contribution in [-0.2, 0) is 4.74 Å². The van der Waals surface area contributed by atoms with E-state index in [1.54, 1.807) is 0 Å². The highest BCUT2D eigenvalue weighted by molar-refractivity contribution is 5.91. The third-order valence-electron chi connectivity index (χ3n) is 5.32. The van der Waals surface area contributed by atoms with Crippen molar-refractivity contribution >= 4 is 34.6 Å². The topological polar surface area (TPSA) is 148 Å². The van der Waals surface area contributed by atoms with Gasteiger partial charge in [0.05, 0.1) is 17.3 Å². The maximum atomic E-state index is 12.3. The Morgan fingerprint density at radius 1 is 1.22 bits per heavy atom. The first-order valence-electron chi connectivity index (χ1n) is 10.7. The summed E-state index contributed by atoms with van der Waals surface area (Å²) in [6, 6.07) is 7.64. The average molecular weight is 439 g/mol. The Kier molecular flexibility index (Phi) is 5.53. The molecule has 0 aliphatic carbocycles. The zero-order chi connectivity index (χ0) is 23.0. The van der Waals surface area contributed by atoms with Gasteiger partial charge in [-0.15, -0.1) is 0 Å². The van der Waals surface area contributed by atoms with E-state index in [-0.39, 0.29) is 12.0 Å². The molecule has 2 aromatic heterocycles. The van der Waals surface area contributed by atoms with Crippen molar-refractivity contribution < 1.29 is 9.53 Å². The third-order valence-corrected chi connectivity index (χ3v) is 5.32. The minimum atomic E-state index is -0.541. The van der Waals surface area contributed by atoms with Crippen molar-refractivity contribution in [3.05, 3.63) is 24.3 Å². The van der Waals surface area contributed by atoms with Gasteiger partial charge in [0.2, 0.25) is 5.95 Å². The van der Waals surface area contributed by atoms with Gasteiger partial charge in [0, 0.05) is 30.1 Å². The molecule has 0 spiro atoms. The highest BCUT2D eigenvalue weighted by Crippen LogP contribution is 2.29. The molecule has 0 saturated carbocycles. The first-order chi connectivity index (χ1) is 15.1. The summed E-state index contributed by atoms with van der Waals surface area (Å²) >= 11 is 0. The standard InChI is InChI=1S/C22H30N8O2/c1-12-7-14(25-21(31)32-22(2,3)4)11-30(10-12)18-9-16(26-20(24)27-18)13-5-6-15-17(8-13)28-29-19(15)23/h5-6,8-9,12,14H,7,10-11H2,1-4H3,(H,25,31)(H3,23,28,29)(H2,24,26,27). The van der Waals surface area contributed by atoms with E-state index in [9.17, 15) is 4.79 Å². The molecule has 1 saturated heterocycles. The predicted octanol–water partition coefficient (Wildman–Crippen LogP) is 2.92. The zero-order valence-corrected chi connectivity index (χ0v) is 18.8. The van der Waals surface area contributed by atoms with E-state index in [0.717, 1.165) is 35.2 Å². The van der Waals surface area contributed by atoms with Crippen LogP contribution in [0.4, 0.5) is 22.4 Å². The molecule has 170 valence electrons. The summed E-state index contributed by atoms with van der Waals surface area (Å²) in [5.41, 5.74) is 13.8. The molecule has 1 fully saturated rings. The van der Waals surface area contributed by atoms with Crippen LogP contribution >= 0.6 is 0 Å². The number of aromatic nitrogens is 4. The van der Waals surface area contributed by atoms with Crippen LogP contribution in [0.1, 0.15) is 34.1 Å². The van der Waals surface area contributed by atoms with Crippen LogP contribution in [0, 0.1) is 5.92 Å². The fourth-order valence-electron chi connectivity index (χ4n) is 4.08. The van der Waals surface area contributed by atoms with Gasteiger partial charge in [-0.1, -0.05) is 13.0 Å². The molecule has 1 amide bonds. The number of piperidine rings is 1. The number of amides is 1. The maximum Gasteiger partial charge on any atom is 0.407 e. The van der Waals surface area contributed by atoms with Crippen LogP contribution in [0.3, 0.4) is 0 Å². The van der Waals surface area contributed by atoms with E-state index in [4.69, 9.17) is 16.2 Å². The summed E-state index contributed by atoms with van der Waals surface area (Å²) in [6.07, 6.45) is 0.452. The number of ether oxygens (including phenoxy) is 1. The smallest absolute Gasteiger partial charge is 0.407 e. The molecule has 10 nitrogen and oxygen atoms in total.